The molecular weight excluding hydrogens is 497 g/mol. The van der Waals surface area contributed by atoms with Crippen molar-refractivity contribution < 1.29 is 27.5 Å². The molecule has 10 heteroatoms. The second kappa shape index (κ2) is 10.6. The number of allylic oxidation sites excluding steroid dienone is 1. The van der Waals surface area contributed by atoms with Crippen LogP contribution in [0.1, 0.15) is 35.6 Å². The molecule has 2 aliphatic heterocycles. The molecule has 0 aliphatic carbocycles. The number of fused-ring (bicyclic) bond motifs is 1. The van der Waals surface area contributed by atoms with E-state index in [1.165, 1.54) is 0 Å². The Labute approximate surface area is 220 Å². The van der Waals surface area contributed by atoms with Crippen LogP contribution >= 0.6 is 0 Å². The van der Waals surface area contributed by atoms with Gasteiger partial charge in [-0.15, -0.1) is 0 Å². The maximum absolute atomic E-state index is 14.3. The topological polar surface area (TPSA) is 79.1 Å². The molecule has 2 atom stereocenters. The number of nitrogens with zero attached hydrogens (tertiary/aromatic N) is 3. The number of amides is 1. The zero-order chi connectivity index (χ0) is 27.8. The van der Waals surface area contributed by atoms with Gasteiger partial charge in [-0.3, -0.25) is 4.79 Å². The highest BCUT2D eigenvalue weighted by Crippen LogP contribution is 2.44. The number of ether oxygens (including phenoxy) is 1. The molecule has 2 unspecified atom stereocenters. The van der Waals surface area contributed by atoms with E-state index in [4.69, 9.17) is 10.5 Å². The van der Waals surface area contributed by atoms with E-state index in [9.17, 15) is 22.8 Å². The lowest BCUT2D eigenvalue weighted by molar-refractivity contribution is -0.189. The van der Waals surface area contributed by atoms with Crippen LogP contribution in [-0.4, -0.2) is 59.9 Å². The van der Waals surface area contributed by atoms with Crippen LogP contribution in [-0.2, 0) is 20.7 Å². The van der Waals surface area contributed by atoms with Gasteiger partial charge in [0, 0.05) is 30.9 Å². The molecule has 1 amide bonds. The van der Waals surface area contributed by atoms with Crippen molar-refractivity contribution in [1.29, 1.82) is 0 Å². The molecule has 0 spiro atoms. The molecule has 4 rings (SSSR count). The van der Waals surface area contributed by atoms with E-state index >= 15 is 0 Å². The van der Waals surface area contributed by atoms with Crippen molar-refractivity contribution in [2.45, 2.75) is 59.0 Å². The van der Waals surface area contributed by atoms with Crippen molar-refractivity contribution in [2.24, 2.45) is 5.73 Å². The first kappa shape index (κ1) is 27.3. The largest absolute Gasteiger partial charge is 0.461 e. The second-order valence-electron chi connectivity index (χ2n) is 9.75. The number of rotatable bonds is 8. The van der Waals surface area contributed by atoms with Crippen molar-refractivity contribution in [3.63, 3.8) is 0 Å². The van der Waals surface area contributed by atoms with Gasteiger partial charge in [-0.05, 0) is 43.9 Å². The molecule has 0 saturated carbocycles. The smallest absolute Gasteiger partial charge is 0.417 e. The Morgan fingerprint density at radius 2 is 1.66 bits per heavy atom. The minimum absolute atomic E-state index is 0.0472. The Balaban J connectivity index is 1.75. The van der Waals surface area contributed by atoms with Crippen LogP contribution in [0.15, 0.2) is 53.9 Å². The Kier molecular flexibility index (Phi) is 7.62. The molecule has 1 saturated heterocycles. The predicted molar refractivity (Wildman–Crippen MR) is 138 cm³/mol. The summed E-state index contributed by atoms with van der Waals surface area (Å²) < 4.78 is 48.6. The lowest BCUT2D eigenvalue weighted by atomic mass is 10.0. The molecule has 2 N–H and O–H groups in total. The Morgan fingerprint density at radius 3 is 2.21 bits per heavy atom. The molecule has 204 valence electrons. The highest BCUT2D eigenvalue weighted by atomic mass is 19.4. The molecule has 38 heavy (non-hydrogen) atoms. The number of hydrogen-bond acceptors (Lipinski definition) is 6. The number of anilines is 1. The maximum atomic E-state index is 14.3. The summed E-state index contributed by atoms with van der Waals surface area (Å²) in [5, 5.41) is 0. The Hall–Kier alpha value is -3.69. The number of carbonyl (C=O) groups excluding carboxylic acids is 2. The van der Waals surface area contributed by atoms with E-state index in [-0.39, 0.29) is 31.0 Å². The molecular formula is C28H33F3N4O3. The first-order valence-electron chi connectivity index (χ1n) is 12.6. The molecule has 0 aromatic heterocycles. The van der Waals surface area contributed by atoms with E-state index in [1.54, 1.807) is 11.8 Å². The lowest BCUT2D eigenvalue weighted by Gasteiger charge is -2.41. The van der Waals surface area contributed by atoms with Gasteiger partial charge in [0.25, 0.3) is 0 Å². The van der Waals surface area contributed by atoms with Gasteiger partial charge < -0.3 is 25.2 Å². The summed E-state index contributed by atoms with van der Waals surface area (Å²) in [6, 6.07) is 10.8. The Morgan fingerprint density at radius 1 is 1.05 bits per heavy atom. The van der Waals surface area contributed by atoms with Crippen LogP contribution < -0.4 is 10.6 Å². The standard InChI is InChI=1S/C28H33F3N4O3/c1-5-21-23(26(37)38-14-11-20-9-7-6-8-10-20)34-13-12-33(22-18(3)15-17(2)16-19(22)4)27(34)35(21)24(25(32)36)28(29,30)31/h6-10,15-16,24,27H,5,11-14H2,1-4H3,(H2,32,36). The number of halogens is 3. The molecule has 2 aromatic rings. The van der Waals surface area contributed by atoms with E-state index in [0.717, 1.165) is 32.8 Å². The van der Waals surface area contributed by atoms with E-state index in [2.05, 4.69) is 0 Å². The summed E-state index contributed by atoms with van der Waals surface area (Å²) in [5.41, 5.74) is 10.1. The number of primary amides is 1. The van der Waals surface area contributed by atoms with Crippen LogP contribution in [0, 0.1) is 20.8 Å². The molecule has 1 fully saturated rings. The average molecular weight is 531 g/mol. The monoisotopic (exact) mass is 530 g/mol. The van der Waals surface area contributed by atoms with Gasteiger partial charge >= 0.3 is 12.1 Å². The SMILES string of the molecule is CCC1=C(C(=O)OCCc2ccccc2)N2CCN(c3c(C)cc(C)cc3C)C2N1C(C(N)=O)C(F)(F)F. The van der Waals surface area contributed by atoms with Crippen molar-refractivity contribution in [2.75, 3.05) is 24.6 Å². The number of hydrogen-bond donors (Lipinski definition) is 1. The molecule has 2 heterocycles. The second-order valence-corrected chi connectivity index (χ2v) is 9.75. The molecule has 0 bridgehead atoms. The van der Waals surface area contributed by atoms with Crippen molar-refractivity contribution in [3.8, 4) is 0 Å². The maximum Gasteiger partial charge on any atom is 0.417 e. The summed E-state index contributed by atoms with van der Waals surface area (Å²) in [4.78, 5) is 30.1. The van der Waals surface area contributed by atoms with Crippen LogP contribution in [0.3, 0.4) is 0 Å². The molecule has 2 aromatic carbocycles. The third kappa shape index (κ3) is 5.04. The molecule has 7 nitrogen and oxygen atoms in total. The third-order valence-corrected chi connectivity index (χ3v) is 7.04. The Bertz CT molecular complexity index is 1220. The van der Waals surface area contributed by atoms with Gasteiger partial charge in [0.05, 0.1) is 6.61 Å². The van der Waals surface area contributed by atoms with Gasteiger partial charge in [-0.25, -0.2) is 4.79 Å². The van der Waals surface area contributed by atoms with Crippen molar-refractivity contribution in [3.05, 3.63) is 76.1 Å². The third-order valence-electron chi connectivity index (χ3n) is 7.04. The first-order chi connectivity index (χ1) is 18.0. The highest BCUT2D eigenvalue weighted by Gasteiger charge is 2.58. The lowest BCUT2D eigenvalue weighted by Crippen LogP contribution is -2.60. The number of esters is 1. The van der Waals surface area contributed by atoms with Crippen LogP contribution in [0.25, 0.3) is 0 Å². The zero-order valence-corrected chi connectivity index (χ0v) is 22.0. The first-order valence-corrected chi connectivity index (χ1v) is 12.6. The number of nitrogens with two attached hydrogens (primary N) is 1. The summed E-state index contributed by atoms with van der Waals surface area (Å²) in [6.07, 6.45) is -5.46. The van der Waals surface area contributed by atoms with Gasteiger partial charge in [0.1, 0.15) is 5.70 Å². The summed E-state index contributed by atoms with van der Waals surface area (Å²) in [5.74, 6) is -2.24. The summed E-state index contributed by atoms with van der Waals surface area (Å²) >= 11 is 0. The number of alkyl halides is 3. The number of aryl methyl sites for hydroxylation is 3. The fraction of sp³-hybridized carbons (Fsp3) is 0.429. The van der Waals surface area contributed by atoms with Crippen LogP contribution in [0.5, 0.6) is 0 Å². The van der Waals surface area contributed by atoms with Crippen LogP contribution in [0.2, 0.25) is 0 Å². The average Bonchev–Trinajstić information content (AvgIpc) is 3.36. The van der Waals surface area contributed by atoms with Gasteiger partial charge in [0.2, 0.25) is 11.9 Å². The zero-order valence-electron chi connectivity index (χ0n) is 22.0. The summed E-state index contributed by atoms with van der Waals surface area (Å²) in [7, 11) is 0. The van der Waals surface area contributed by atoms with Gasteiger partial charge in [-0.2, -0.15) is 13.2 Å². The molecule has 2 aliphatic rings. The fourth-order valence-corrected chi connectivity index (χ4v) is 5.73. The van der Waals surface area contributed by atoms with Gasteiger partial charge in [0.15, 0.2) is 6.29 Å². The van der Waals surface area contributed by atoms with E-state index in [1.807, 2.05) is 68.1 Å². The van der Waals surface area contributed by atoms with E-state index in [0.29, 0.717) is 13.0 Å². The predicted octanol–water partition coefficient (Wildman–Crippen LogP) is 4.16. The van der Waals surface area contributed by atoms with Gasteiger partial charge in [-0.1, -0.05) is 55.0 Å². The van der Waals surface area contributed by atoms with Crippen molar-refractivity contribution in [1.82, 2.24) is 9.80 Å². The fourth-order valence-electron chi connectivity index (χ4n) is 5.73. The minimum atomic E-state index is -4.95. The summed E-state index contributed by atoms with van der Waals surface area (Å²) in [6.45, 7) is 8.12. The highest BCUT2D eigenvalue weighted by molar-refractivity contribution is 5.90. The quantitative estimate of drug-likeness (QED) is 0.517. The molecule has 0 radical (unpaired) electrons. The van der Waals surface area contributed by atoms with Crippen LogP contribution in [0.4, 0.5) is 18.9 Å². The van der Waals surface area contributed by atoms with Crippen molar-refractivity contribution >= 4 is 17.6 Å². The number of carbonyl (C=O) groups is 2. The normalized spacial score (nSPS) is 18.2. The number of benzene rings is 2. The minimum Gasteiger partial charge on any atom is -0.461 e. The van der Waals surface area contributed by atoms with E-state index < -0.39 is 30.4 Å².